The van der Waals surface area contributed by atoms with Gasteiger partial charge >= 0.3 is 0 Å². The Morgan fingerprint density at radius 3 is 2.22 bits per heavy atom. The molecule has 2 aromatic rings. The van der Waals surface area contributed by atoms with Crippen LogP contribution in [0, 0.1) is 10.8 Å². The van der Waals surface area contributed by atoms with Crippen LogP contribution in [0.2, 0.25) is 0 Å². The summed E-state index contributed by atoms with van der Waals surface area (Å²) in [5.74, 6) is 0.226. The third kappa shape index (κ3) is 7.39. The first-order chi connectivity index (χ1) is 16.6. The van der Waals surface area contributed by atoms with Crippen molar-refractivity contribution >= 4 is 0 Å². The molecule has 0 spiro atoms. The summed E-state index contributed by atoms with van der Waals surface area (Å²) in [6.45, 7) is 24.9. The number of rotatable bonds is 9. The van der Waals surface area contributed by atoms with Gasteiger partial charge in [0.15, 0.2) is 11.8 Å². The molecule has 1 atom stereocenters. The van der Waals surface area contributed by atoms with E-state index < -0.39 is 0 Å². The van der Waals surface area contributed by atoms with Crippen molar-refractivity contribution in [3.8, 4) is 11.8 Å². The highest BCUT2D eigenvalue weighted by Crippen LogP contribution is 2.39. The van der Waals surface area contributed by atoms with E-state index in [0.29, 0.717) is 26.1 Å². The third-order valence-electron chi connectivity index (χ3n) is 6.96. The summed E-state index contributed by atoms with van der Waals surface area (Å²) in [6, 6.07) is 10.3. The molecule has 1 unspecified atom stereocenters. The predicted octanol–water partition coefficient (Wildman–Crippen LogP) is 7.18. The van der Waals surface area contributed by atoms with Crippen LogP contribution in [-0.4, -0.2) is 39.4 Å². The van der Waals surface area contributed by atoms with Crippen molar-refractivity contribution in [2.75, 3.05) is 19.7 Å². The summed E-state index contributed by atoms with van der Waals surface area (Å²) in [5.41, 5.74) is 4.73. The van der Waals surface area contributed by atoms with Crippen LogP contribution in [0.25, 0.3) is 0 Å². The minimum absolute atomic E-state index is 0.0930. The summed E-state index contributed by atoms with van der Waals surface area (Å²) in [4.78, 5) is 2.26. The second-order valence-electron chi connectivity index (χ2n) is 13.6. The summed E-state index contributed by atoms with van der Waals surface area (Å²) < 4.78 is 7.64. The molecule has 1 aliphatic rings. The normalized spacial score (nSPS) is 17.6. The fraction of sp³-hybridized carbons (Fsp3) is 0.613. The van der Waals surface area contributed by atoms with Crippen molar-refractivity contribution in [2.45, 2.75) is 92.8 Å². The van der Waals surface area contributed by atoms with Gasteiger partial charge in [0, 0.05) is 31.3 Å². The molecular formula is C31H48N2O3. The first-order valence-corrected chi connectivity index (χ1v) is 13.3. The maximum atomic E-state index is 10.9. The molecule has 0 amide bonds. The van der Waals surface area contributed by atoms with Gasteiger partial charge in [0.25, 0.3) is 0 Å². The van der Waals surface area contributed by atoms with Crippen LogP contribution in [-0.2, 0) is 23.1 Å². The Bertz CT molecular complexity index is 1040. The molecule has 2 heterocycles. The first-order valence-electron chi connectivity index (χ1n) is 13.3. The molecule has 1 saturated heterocycles. The van der Waals surface area contributed by atoms with Crippen LogP contribution in [0.1, 0.15) is 91.1 Å². The smallest absolute Gasteiger partial charge is 0.197 e. The Kier molecular flexibility index (Phi) is 8.36. The quantitative estimate of drug-likeness (QED) is 0.361. The van der Waals surface area contributed by atoms with Crippen molar-refractivity contribution in [3.05, 3.63) is 59.2 Å². The second kappa shape index (κ2) is 10.6. The van der Waals surface area contributed by atoms with Gasteiger partial charge < -0.3 is 14.9 Å². The van der Waals surface area contributed by atoms with Crippen molar-refractivity contribution in [1.82, 2.24) is 9.47 Å². The Labute approximate surface area is 218 Å². The summed E-state index contributed by atoms with van der Waals surface area (Å²) >= 11 is 0. The standard InChI is InChI=1S/C31H48N2O3/c1-22(20-31(8,9)21-29(2,3)4)18-24-19-26(34)33(27(24)35)15-14-32-16-17-36-28(32)23-10-12-25(13-11-23)30(5,6)7/h10-13,19,28,34-35H,1,14-18,20-21H2,2-9H3. The molecule has 5 heteroatoms. The van der Waals surface area contributed by atoms with Gasteiger partial charge in [-0.3, -0.25) is 9.47 Å². The highest BCUT2D eigenvalue weighted by Gasteiger charge is 2.29. The lowest BCUT2D eigenvalue weighted by atomic mass is 9.73. The average molecular weight is 497 g/mol. The Balaban J connectivity index is 1.63. The van der Waals surface area contributed by atoms with Gasteiger partial charge in [0.1, 0.15) is 6.23 Å². The molecular weight excluding hydrogens is 448 g/mol. The number of benzene rings is 1. The van der Waals surface area contributed by atoms with Crippen LogP contribution >= 0.6 is 0 Å². The zero-order valence-electron chi connectivity index (χ0n) is 23.8. The Morgan fingerprint density at radius 1 is 1.00 bits per heavy atom. The van der Waals surface area contributed by atoms with E-state index in [-0.39, 0.29) is 34.2 Å². The number of hydrogen-bond acceptors (Lipinski definition) is 4. The van der Waals surface area contributed by atoms with Crippen LogP contribution in [0.3, 0.4) is 0 Å². The molecule has 3 rings (SSSR count). The minimum atomic E-state index is -0.108. The number of hydrogen-bond donors (Lipinski definition) is 2. The van der Waals surface area contributed by atoms with E-state index in [1.165, 1.54) is 5.56 Å². The number of allylic oxidation sites excluding steroid dienone is 1. The molecule has 5 nitrogen and oxygen atoms in total. The summed E-state index contributed by atoms with van der Waals surface area (Å²) in [7, 11) is 0. The lowest BCUT2D eigenvalue weighted by molar-refractivity contribution is 0.0306. The zero-order chi connectivity index (χ0) is 26.9. The van der Waals surface area contributed by atoms with Crippen LogP contribution in [0.15, 0.2) is 42.5 Å². The molecule has 200 valence electrons. The largest absolute Gasteiger partial charge is 0.494 e. The average Bonchev–Trinajstić information content (AvgIpc) is 3.28. The van der Waals surface area contributed by atoms with Gasteiger partial charge in [-0.1, -0.05) is 91.8 Å². The van der Waals surface area contributed by atoms with Gasteiger partial charge in [-0.25, -0.2) is 0 Å². The Hall–Kier alpha value is -2.24. The number of aromatic hydroxyl groups is 2. The second-order valence-corrected chi connectivity index (χ2v) is 13.6. The van der Waals surface area contributed by atoms with E-state index in [4.69, 9.17) is 4.74 Å². The van der Waals surface area contributed by atoms with Crippen molar-refractivity contribution < 1.29 is 14.9 Å². The Morgan fingerprint density at radius 2 is 1.64 bits per heavy atom. The zero-order valence-corrected chi connectivity index (χ0v) is 23.8. The van der Waals surface area contributed by atoms with Crippen LogP contribution in [0.5, 0.6) is 11.8 Å². The number of ether oxygens (including phenoxy) is 1. The first kappa shape index (κ1) is 28.3. The highest BCUT2D eigenvalue weighted by molar-refractivity contribution is 5.38. The molecule has 0 radical (unpaired) electrons. The van der Waals surface area contributed by atoms with E-state index in [1.54, 1.807) is 10.6 Å². The van der Waals surface area contributed by atoms with Gasteiger partial charge in [0.2, 0.25) is 0 Å². The molecule has 2 N–H and O–H groups in total. The molecule has 1 aromatic heterocycles. The molecule has 0 aliphatic carbocycles. The van der Waals surface area contributed by atoms with E-state index >= 15 is 0 Å². The number of aromatic nitrogens is 1. The molecule has 1 aliphatic heterocycles. The predicted molar refractivity (Wildman–Crippen MR) is 148 cm³/mol. The summed E-state index contributed by atoms with van der Waals surface area (Å²) in [5, 5.41) is 21.5. The molecule has 36 heavy (non-hydrogen) atoms. The van der Waals surface area contributed by atoms with Gasteiger partial charge in [-0.15, -0.1) is 0 Å². The minimum Gasteiger partial charge on any atom is -0.494 e. The van der Waals surface area contributed by atoms with Crippen LogP contribution in [0.4, 0.5) is 0 Å². The topological polar surface area (TPSA) is 57.9 Å². The lowest BCUT2D eigenvalue weighted by Gasteiger charge is -2.33. The fourth-order valence-corrected chi connectivity index (χ4v) is 5.85. The van der Waals surface area contributed by atoms with E-state index in [9.17, 15) is 10.2 Å². The molecule has 1 fully saturated rings. The van der Waals surface area contributed by atoms with Crippen molar-refractivity contribution in [1.29, 1.82) is 0 Å². The SMILES string of the molecule is C=C(Cc1cc(O)n(CCN2CCOC2c2ccc(C(C)(C)C)cc2)c1O)CC(C)(C)CC(C)(C)C. The van der Waals surface area contributed by atoms with Gasteiger partial charge in [-0.2, -0.15) is 0 Å². The third-order valence-corrected chi connectivity index (χ3v) is 6.96. The van der Waals surface area contributed by atoms with Crippen molar-refractivity contribution in [3.63, 3.8) is 0 Å². The van der Waals surface area contributed by atoms with Gasteiger partial charge in [0.05, 0.1) is 6.61 Å². The van der Waals surface area contributed by atoms with Crippen molar-refractivity contribution in [2.24, 2.45) is 10.8 Å². The van der Waals surface area contributed by atoms with E-state index in [1.807, 2.05) is 0 Å². The fourth-order valence-electron chi connectivity index (χ4n) is 5.85. The highest BCUT2D eigenvalue weighted by atomic mass is 16.5. The van der Waals surface area contributed by atoms with Gasteiger partial charge in [-0.05, 0) is 46.6 Å². The van der Waals surface area contributed by atoms with E-state index in [0.717, 1.165) is 36.1 Å². The summed E-state index contributed by atoms with van der Waals surface area (Å²) in [6.07, 6.45) is 2.43. The molecule has 1 aromatic carbocycles. The van der Waals surface area contributed by atoms with Crippen LogP contribution < -0.4 is 0 Å². The maximum absolute atomic E-state index is 10.9. The van der Waals surface area contributed by atoms with E-state index in [2.05, 4.69) is 91.1 Å². The monoisotopic (exact) mass is 496 g/mol. The maximum Gasteiger partial charge on any atom is 0.197 e. The number of nitrogens with zero attached hydrogens (tertiary/aromatic N) is 2. The molecule has 0 bridgehead atoms. The molecule has 0 saturated carbocycles. The lowest BCUT2D eigenvalue weighted by Crippen LogP contribution is -2.28.